The minimum absolute atomic E-state index is 0.637. The monoisotopic (exact) mass is 700 g/mol. The Balaban J connectivity index is 1.18. The summed E-state index contributed by atoms with van der Waals surface area (Å²) in [5, 5.41) is 6.90. The second-order valence-electron chi connectivity index (χ2n) is 14.0. The lowest BCUT2D eigenvalue weighted by Gasteiger charge is -2.35. The fourth-order valence-electron chi connectivity index (χ4n) is 8.24. The van der Waals surface area contributed by atoms with Gasteiger partial charge in [0.1, 0.15) is 0 Å². The topological polar surface area (TPSA) is 41.9 Å². The zero-order chi connectivity index (χ0) is 36.3. The maximum atomic E-state index is 5.27. The summed E-state index contributed by atoms with van der Waals surface area (Å²) in [5.74, 6) is 1.92. The van der Waals surface area contributed by atoms with E-state index in [-0.39, 0.29) is 0 Å². The second-order valence-corrected chi connectivity index (χ2v) is 14.0. The molecule has 1 aliphatic heterocycles. The molecule has 0 fully saturated rings. The summed E-state index contributed by atoms with van der Waals surface area (Å²) >= 11 is 0. The van der Waals surface area contributed by atoms with Gasteiger partial charge in [-0.15, -0.1) is 0 Å². The van der Waals surface area contributed by atoms with Crippen LogP contribution in [0.3, 0.4) is 0 Å². The van der Waals surface area contributed by atoms with Gasteiger partial charge in [-0.3, -0.25) is 0 Å². The number of fused-ring (bicyclic) bond motifs is 4. The molecular weight excluding hydrogens is 669 g/mol. The molecule has 11 rings (SSSR count). The second kappa shape index (κ2) is 12.6. The van der Waals surface area contributed by atoms with Crippen LogP contribution < -0.4 is 4.90 Å². The third-order valence-corrected chi connectivity index (χ3v) is 10.8. The van der Waals surface area contributed by atoms with Crippen LogP contribution in [0.25, 0.3) is 88.7 Å². The Morgan fingerprint density at radius 3 is 1.56 bits per heavy atom. The zero-order valence-corrected chi connectivity index (χ0v) is 29.8. The molecule has 4 heteroatoms. The average Bonchev–Trinajstić information content (AvgIpc) is 3.26. The van der Waals surface area contributed by atoms with Gasteiger partial charge in [0.2, 0.25) is 0 Å². The van der Waals surface area contributed by atoms with E-state index in [1.54, 1.807) is 0 Å². The van der Waals surface area contributed by atoms with E-state index in [9.17, 15) is 0 Å². The van der Waals surface area contributed by atoms with Gasteiger partial charge >= 0.3 is 0 Å². The quantitative estimate of drug-likeness (QED) is 0.179. The molecular formula is C51H32N4. The Labute approximate surface area is 318 Å². The maximum Gasteiger partial charge on any atom is 0.164 e. The molecule has 9 aromatic carbocycles. The van der Waals surface area contributed by atoms with Crippen LogP contribution in [0.2, 0.25) is 0 Å². The molecule has 0 bridgehead atoms. The summed E-state index contributed by atoms with van der Waals surface area (Å²) < 4.78 is 0. The lowest BCUT2D eigenvalue weighted by molar-refractivity contribution is 1.08. The normalized spacial score (nSPS) is 12.0. The molecule has 0 N–H and O–H groups in total. The van der Waals surface area contributed by atoms with Crippen molar-refractivity contribution in [1.29, 1.82) is 0 Å². The number of hydrogen-bond donors (Lipinski definition) is 0. The highest BCUT2D eigenvalue weighted by Crippen LogP contribution is 2.54. The van der Waals surface area contributed by atoms with E-state index in [0.717, 1.165) is 49.9 Å². The smallest absolute Gasteiger partial charge is 0.164 e. The van der Waals surface area contributed by atoms with Crippen LogP contribution in [0.5, 0.6) is 0 Å². The van der Waals surface area contributed by atoms with Crippen LogP contribution in [0, 0.1) is 0 Å². The number of aromatic nitrogens is 3. The van der Waals surface area contributed by atoms with Crippen LogP contribution in [0.1, 0.15) is 0 Å². The summed E-state index contributed by atoms with van der Waals surface area (Å²) in [4.78, 5) is 18.1. The van der Waals surface area contributed by atoms with Gasteiger partial charge in [0, 0.05) is 33.3 Å². The van der Waals surface area contributed by atoms with Crippen molar-refractivity contribution in [2.45, 2.75) is 0 Å². The van der Waals surface area contributed by atoms with Gasteiger partial charge in [0.15, 0.2) is 17.5 Å². The Bertz CT molecular complexity index is 3000. The van der Waals surface area contributed by atoms with Crippen molar-refractivity contribution < 1.29 is 0 Å². The molecule has 256 valence electrons. The minimum Gasteiger partial charge on any atom is -0.309 e. The number of nitrogens with zero attached hydrogens (tertiary/aromatic N) is 4. The molecule has 55 heavy (non-hydrogen) atoms. The highest BCUT2D eigenvalue weighted by atomic mass is 15.2. The number of anilines is 3. The van der Waals surface area contributed by atoms with E-state index in [2.05, 4.69) is 199 Å². The van der Waals surface area contributed by atoms with Crippen LogP contribution in [-0.2, 0) is 0 Å². The molecule has 0 atom stereocenters. The molecule has 4 nitrogen and oxygen atoms in total. The number of rotatable bonds is 5. The molecule has 0 spiro atoms. The van der Waals surface area contributed by atoms with Crippen molar-refractivity contribution in [2.75, 3.05) is 4.90 Å². The van der Waals surface area contributed by atoms with Crippen LogP contribution in [0.15, 0.2) is 194 Å². The SMILES string of the molecule is c1ccc(-c2cccc3c2-c2cccc4c(-c5nc(-c6ccc7ccccc7c6)nc(-c6ccc7ccccc7c6)n5)ccc(c24)N3c2ccccc2)cc1. The Kier molecular flexibility index (Phi) is 7.14. The van der Waals surface area contributed by atoms with Crippen molar-refractivity contribution in [1.82, 2.24) is 15.0 Å². The van der Waals surface area contributed by atoms with Crippen LogP contribution in [-0.4, -0.2) is 15.0 Å². The third-order valence-electron chi connectivity index (χ3n) is 10.8. The molecule has 1 aliphatic rings. The highest BCUT2D eigenvalue weighted by molar-refractivity contribution is 6.19. The highest BCUT2D eigenvalue weighted by Gasteiger charge is 2.29. The first-order valence-corrected chi connectivity index (χ1v) is 18.6. The summed E-state index contributed by atoms with van der Waals surface area (Å²) in [7, 11) is 0. The van der Waals surface area contributed by atoms with Gasteiger partial charge in [-0.2, -0.15) is 0 Å². The van der Waals surface area contributed by atoms with E-state index in [1.807, 2.05) is 0 Å². The molecule has 0 saturated carbocycles. The van der Waals surface area contributed by atoms with Gasteiger partial charge in [0.05, 0.1) is 11.4 Å². The Morgan fingerprint density at radius 2 is 0.891 bits per heavy atom. The maximum absolute atomic E-state index is 5.27. The first-order chi connectivity index (χ1) is 27.3. The predicted octanol–water partition coefficient (Wildman–Crippen LogP) is 13.4. The third kappa shape index (κ3) is 5.19. The largest absolute Gasteiger partial charge is 0.309 e. The molecule has 0 aliphatic carbocycles. The zero-order valence-electron chi connectivity index (χ0n) is 29.8. The lowest BCUT2D eigenvalue weighted by atomic mass is 9.85. The van der Waals surface area contributed by atoms with Gasteiger partial charge in [-0.05, 0) is 86.1 Å². The summed E-state index contributed by atoms with van der Waals surface area (Å²) in [5.41, 5.74) is 11.0. The summed E-state index contributed by atoms with van der Waals surface area (Å²) in [6.45, 7) is 0. The fourth-order valence-corrected chi connectivity index (χ4v) is 8.24. The molecule has 0 saturated heterocycles. The molecule has 2 heterocycles. The van der Waals surface area contributed by atoms with Gasteiger partial charge < -0.3 is 4.90 Å². The molecule has 0 radical (unpaired) electrons. The predicted molar refractivity (Wildman–Crippen MR) is 228 cm³/mol. The summed E-state index contributed by atoms with van der Waals surface area (Å²) in [6.07, 6.45) is 0. The average molecular weight is 701 g/mol. The van der Waals surface area contributed by atoms with E-state index >= 15 is 0 Å². The number of benzene rings is 9. The number of para-hydroxylation sites is 1. The lowest BCUT2D eigenvalue weighted by Crippen LogP contribution is -2.15. The van der Waals surface area contributed by atoms with E-state index in [4.69, 9.17) is 15.0 Å². The Hall–Kier alpha value is -7.43. The van der Waals surface area contributed by atoms with Crippen molar-refractivity contribution in [3.63, 3.8) is 0 Å². The number of hydrogen-bond acceptors (Lipinski definition) is 4. The van der Waals surface area contributed by atoms with Gasteiger partial charge in [-0.25, -0.2) is 15.0 Å². The van der Waals surface area contributed by atoms with Crippen molar-refractivity contribution in [3.05, 3.63) is 194 Å². The molecule has 1 aromatic heterocycles. The van der Waals surface area contributed by atoms with Crippen LogP contribution in [0.4, 0.5) is 17.1 Å². The van der Waals surface area contributed by atoms with Crippen LogP contribution >= 0.6 is 0 Å². The van der Waals surface area contributed by atoms with E-state index in [1.165, 1.54) is 38.4 Å². The van der Waals surface area contributed by atoms with E-state index in [0.29, 0.717) is 17.5 Å². The molecule has 10 aromatic rings. The van der Waals surface area contributed by atoms with Crippen molar-refractivity contribution in [3.8, 4) is 56.4 Å². The van der Waals surface area contributed by atoms with Crippen molar-refractivity contribution in [2.24, 2.45) is 0 Å². The van der Waals surface area contributed by atoms with Crippen molar-refractivity contribution >= 4 is 49.4 Å². The van der Waals surface area contributed by atoms with Gasteiger partial charge in [-0.1, -0.05) is 152 Å². The van der Waals surface area contributed by atoms with E-state index < -0.39 is 0 Å². The summed E-state index contributed by atoms with van der Waals surface area (Å²) in [6, 6.07) is 68.8. The first kappa shape index (κ1) is 31.1. The Morgan fingerprint density at radius 1 is 0.327 bits per heavy atom. The molecule has 0 amide bonds. The van der Waals surface area contributed by atoms with Gasteiger partial charge in [0.25, 0.3) is 0 Å². The minimum atomic E-state index is 0.637. The first-order valence-electron chi connectivity index (χ1n) is 18.6. The fraction of sp³-hybridized carbons (Fsp3) is 0. The molecule has 0 unspecified atom stereocenters. The standard InChI is InChI=1S/C51H32N4/c1-3-15-35(16-4-1)41-21-12-24-45-47(41)44-23-11-22-42-43(29-30-46(48(42)44)55(45)40-19-5-2-6-20-40)51-53-49(38-27-25-33-13-7-9-17-36(33)31-38)52-50(54-51)39-28-26-34-14-8-10-18-37(34)32-39/h1-32H.